The first kappa shape index (κ1) is 12.0. The molecule has 1 fully saturated rings. The van der Waals surface area contributed by atoms with E-state index in [0.717, 1.165) is 24.3 Å². The maximum absolute atomic E-state index is 9.09. The van der Waals surface area contributed by atoms with Gasteiger partial charge in [0.25, 0.3) is 0 Å². The van der Waals surface area contributed by atoms with Crippen molar-refractivity contribution in [3.63, 3.8) is 0 Å². The highest BCUT2D eigenvalue weighted by atomic mass is 16.3. The Bertz CT molecular complexity index is 155. The van der Waals surface area contributed by atoms with Crippen LogP contribution in [0.15, 0.2) is 0 Å². The fourth-order valence-corrected chi connectivity index (χ4v) is 2.02. The van der Waals surface area contributed by atoms with Crippen LogP contribution in [0.1, 0.15) is 26.7 Å². The van der Waals surface area contributed by atoms with Crippen LogP contribution in [0.25, 0.3) is 0 Å². The van der Waals surface area contributed by atoms with Crippen molar-refractivity contribution in [2.75, 3.05) is 19.7 Å². The van der Waals surface area contributed by atoms with Gasteiger partial charge in [0.1, 0.15) is 0 Å². The molecule has 0 saturated heterocycles. The third-order valence-electron chi connectivity index (χ3n) is 3.24. The van der Waals surface area contributed by atoms with Gasteiger partial charge < -0.3 is 15.5 Å². The molecule has 0 aromatic heterocycles. The Hall–Kier alpha value is -0.120. The normalized spacial score (nSPS) is 28.9. The van der Waals surface area contributed by atoms with Crippen LogP contribution in [-0.2, 0) is 0 Å². The fourth-order valence-electron chi connectivity index (χ4n) is 2.02. The molecule has 1 rings (SSSR count). The standard InChI is InChI=1S/C11H23NO2/c1-8(2)10-3-9(4-10)5-12-6-11(14)7-13/h8-14H,3-7H2,1-2H3. The van der Waals surface area contributed by atoms with Gasteiger partial charge in [0.2, 0.25) is 0 Å². The molecule has 3 N–H and O–H groups in total. The van der Waals surface area contributed by atoms with E-state index in [1.165, 1.54) is 12.8 Å². The smallest absolute Gasteiger partial charge is 0.0894 e. The molecule has 0 amide bonds. The number of aliphatic hydroxyl groups is 2. The summed E-state index contributed by atoms with van der Waals surface area (Å²) in [4.78, 5) is 0. The van der Waals surface area contributed by atoms with Crippen LogP contribution in [0.3, 0.4) is 0 Å². The maximum atomic E-state index is 9.09. The summed E-state index contributed by atoms with van der Waals surface area (Å²) >= 11 is 0. The van der Waals surface area contributed by atoms with Crippen molar-refractivity contribution in [1.82, 2.24) is 5.32 Å². The van der Waals surface area contributed by atoms with Crippen molar-refractivity contribution < 1.29 is 10.2 Å². The van der Waals surface area contributed by atoms with E-state index in [-0.39, 0.29) is 6.61 Å². The molecule has 0 aromatic carbocycles. The van der Waals surface area contributed by atoms with Crippen LogP contribution in [0.4, 0.5) is 0 Å². The number of aliphatic hydroxyl groups excluding tert-OH is 2. The minimum atomic E-state index is -0.601. The van der Waals surface area contributed by atoms with Crippen LogP contribution in [0.2, 0.25) is 0 Å². The van der Waals surface area contributed by atoms with E-state index in [1.54, 1.807) is 0 Å². The Balaban J connectivity index is 1.96. The third-order valence-corrected chi connectivity index (χ3v) is 3.24. The van der Waals surface area contributed by atoms with Gasteiger partial charge in [-0.2, -0.15) is 0 Å². The molecule has 1 atom stereocenters. The summed E-state index contributed by atoms with van der Waals surface area (Å²) in [6.45, 7) is 5.92. The highest BCUT2D eigenvalue weighted by molar-refractivity contribution is 4.82. The monoisotopic (exact) mass is 201 g/mol. The molecule has 3 nitrogen and oxygen atoms in total. The molecule has 3 heteroatoms. The van der Waals surface area contributed by atoms with Crippen LogP contribution >= 0.6 is 0 Å². The first-order valence-corrected chi connectivity index (χ1v) is 5.63. The van der Waals surface area contributed by atoms with Crippen molar-refractivity contribution in [2.24, 2.45) is 17.8 Å². The Kier molecular flexibility index (Phi) is 4.85. The first-order chi connectivity index (χ1) is 6.63. The number of nitrogens with one attached hydrogen (secondary N) is 1. The van der Waals surface area contributed by atoms with E-state index in [1.807, 2.05) is 0 Å². The zero-order chi connectivity index (χ0) is 10.6. The predicted octanol–water partition coefficient (Wildman–Crippen LogP) is 0.611. The molecule has 0 radical (unpaired) electrons. The Labute approximate surface area is 86.5 Å². The lowest BCUT2D eigenvalue weighted by atomic mass is 9.69. The van der Waals surface area contributed by atoms with Crippen molar-refractivity contribution >= 4 is 0 Å². The van der Waals surface area contributed by atoms with E-state index in [0.29, 0.717) is 6.54 Å². The lowest BCUT2D eigenvalue weighted by Crippen LogP contribution is -2.38. The summed E-state index contributed by atoms with van der Waals surface area (Å²) < 4.78 is 0. The largest absolute Gasteiger partial charge is 0.394 e. The maximum Gasteiger partial charge on any atom is 0.0894 e. The Morgan fingerprint density at radius 2 is 2.00 bits per heavy atom. The second-order valence-electron chi connectivity index (χ2n) is 4.84. The van der Waals surface area contributed by atoms with E-state index < -0.39 is 6.10 Å². The van der Waals surface area contributed by atoms with E-state index in [4.69, 9.17) is 10.2 Å². The van der Waals surface area contributed by atoms with E-state index in [2.05, 4.69) is 19.2 Å². The second-order valence-corrected chi connectivity index (χ2v) is 4.84. The third kappa shape index (κ3) is 3.56. The lowest BCUT2D eigenvalue weighted by molar-refractivity contribution is 0.0870. The average Bonchev–Trinajstić information content (AvgIpc) is 2.07. The van der Waals surface area contributed by atoms with Gasteiger partial charge in [-0.25, -0.2) is 0 Å². The zero-order valence-corrected chi connectivity index (χ0v) is 9.24. The summed E-state index contributed by atoms with van der Waals surface area (Å²) in [5.41, 5.74) is 0. The number of rotatable bonds is 6. The van der Waals surface area contributed by atoms with Crippen molar-refractivity contribution in [1.29, 1.82) is 0 Å². The highest BCUT2D eigenvalue weighted by Crippen LogP contribution is 2.38. The molecule has 0 aliphatic heterocycles. The fraction of sp³-hybridized carbons (Fsp3) is 1.00. The van der Waals surface area contributed by atoms with Crippen molar-refractivity contribution in [2.45, 2.75) is 32.8 Å². The summed E-state index contributed by atoms with van der Waals surface area (Å²) in [5.74, 6) is 2.51. The molecule has 1 aliphatic carbocycles. The Morgan fingerprint density at radius 3 is 2.50 bits per heavy atom. The summed E-state index contributed by atoms with van der Waals surface area (Å²) in [5, 5.41) is 20.9. The quantitative estimate of drug-likeness (QED) is 0.590. The molecule has 1 saturated carbocycles. The van der Waals surface area contributed by atoms with Crippen molar-refractivity contribution in [3.05, 3.63) is 0 Å². The van der Waals surface area contributed by atoms with Gasteiger partial charge >= 0.3 is 0 Å². The molecule has 0 bridgehead atoms. The lowest BCUT2D eigenvalue weighted by Gasteiger charge is -2.38. The molecular formula is C11H23NO2. The topological polar surface area (TPSA) is 52.5 Å². The van der Waals surface area contributed by atoms with E-state index >= 15 is 0 Å². The van der Waals surface area contributed by atoms with E-state index in [9.17, 15) is 0 Å². The molecule has 1 unspecified atom stereocenters. The molecule has 84 valence electrons. The summed E-state index contributed by atoms with van der Waals surface area (Å²) in [6.07, 6.45) is 2.04. The second kappa shape index (κ2) is 5.69. The molecule has 1 aliphatic rings. The van der Waals surface area contributed by atoms with Crippen LogP contribution in [-0.4, -0.2) is 36.0 Å². The first-order valence-electron chi connectivity index (χ1n) is 5.63. The molecule has 0 heterocycles. The minimum absolute atomic E-state index is 0.147. The van der Waals surface area contributed by atoms with Gasteiger partial charge in [0.15, 0.2) is 0 Å². The van der Waals surface area contributed by atoms with Gasteiger partial charge in [-0.3, -0.25) is 0 Å². The van der Waals surface area contributed by atoms with Crippen LogP contribution in [0.5, 0.6) is 0 Å². The summed E-state index contributed by atoms with van der Waals surface area (Å²) in [6, 6.07) is 0. The van der Waals surface area contributed by atoms with Crippen LogP contribution in [0, 0.1) is 17.8 Å². The molecule has 14 heavy (non-hydrogen) atoms. The van der Waals surface area contributed by atoms with Gasteiger partial charge in [-0.05, 0) is 37.1 Å². The molecule has 0 spiro atoms. The number of hydrogen-bond donors (Lipinski definition) is 3. The molecule has 0 aromatic rings. The zero-order valence-electron chi connectivity index (χ0n) is 9.24. The van der Waals surface area contributed by atoms with Crippen LogP contribution < -0.4 is 5.32 Å². The van der Waals surface area contributed by atoms with Gasteiger partial charge in [-0.15, -0.1) is 0 Å². The minimum Gasteiger partial charge on any atom is -0.394 e. The average molecular weight is 201 g/mol. The van der Waals surface area contributed by atoms with Gasteiger partial charge in [0.05, 0.1) is 12.7 Å². The Morgan fingerprint density at radius 1 is 1.36 bits per heavy atom. The van der Waals surface area contributed by atoms with Crippen molar-refractivity contribution in [3.8, 4) is 0 Å². The molecular weight excluding hydrogens is 178 g/mol. The highest BCUT2D eigenvalue weighted by Gasteiger charge is 2.30. The SMILES string of the molecule is CC(C)C1CC(CNCC(O)CO)C1. The van der Waals surface area contributed by atoms with Gasteiger partial charge in [-0.1, -0.05) is 13.8 Å². The summed E-state index contributed by atoms with van der Waals surface area (Å²) in [7, 11) is 0. The predicted molar refractivity (Wildman–Crippen MR) is 57.0 cm³/mol. The van der Waals surface area contributed by atoms with Gasteiger partial charge in [0, 0.05) is 6.54 Å². The number of hydrogen-bond acceptors (Lipinski definition) is 3.